The van der Waals surface area contributed by atoms with Crippen LogP contribution < -0.4 is 5.56 Å². The molecule has 1 heterocycles. The molecule has 0 unspecified atom stereocenters. The van der Waals surface area contributed by atoms with E-state index in [4.69, 9.17) is 0 Å². The number of aromatic hydroxyl groups is 1. The number of phenols is 1. The second-order valence-electron chi connectivity index (χ2n) is 6.09. The molecule has 4 aromatic rings. The Morgan fingerprint density at radius 3 is 2.40 bits per heavy atom. The predicted molar refractivity (Wildman–Crippen MR) is 101 cm³/mol. The third kappa shape index (κ3) is 3.04. The molecule has 1 N–H and O–H groups in total. The number of pyridine rings is 1. The Balaban J connectivity index is 1.76. The van der Waals surface area contributed by atoms with E-state index in [1.165, 1.54) is 0 Å². The highest BCUT2D eigenvalue weighted by Crippen LogP contribution is 2.25. The van der Waals surface area contributed by atoms with Crippen molar-refractivity contribution in [3.05, 3.63) is 101 Å². The van der Waals surface area contributed by atoms with Gasteiger partial charge in [0.1, 0.15) is 5.75 Å². The van der Waals surface area contributed by atoms with Gasteiger partial charge in [0.05, 0.1) is 6.54 Å². The second-order valence-corrected chi connectivity index (χ2v) is 6.09. The summed E-state index contributed by atoms with van der Waals surface area (Å²) in [5.74, 6) is 0.232. The summed E-state index contributed by atoms with van der Waals surface area (Å²) in [4.78, 5) is 12.8. The average molecular weight is 327 g/mol. The predicted octanol–water partition coefficient (Wildman–Crippen LogP) is 4.42. The lowest BCUT2D eigenvalue weighted by molar-refractivity contribution is 0.475. The van der Waals surface area contributed by atoms with Gasteiger partial charge in [0.15, 0.2) is 0 Å². The molecule has 0 radical (unpaired) electrons. The van der Waals surface area contributed by atoms with Crippen LogP contribution in [0.15, 0.2) is 89.9 Å². The summed E-state index contributed by atoms with van der Waals surface area (Å²) >= 11 is 0. The molecule has 0 atom stereocenters. The van der Waals surface area contributed by atoms with Gasteiger partial charge in [0.25, 0.3) is 5.56 Å². The number of aromatic nitrogens is 1. The zero-order valence-corrected chi connectivity index (χ0v) is 13.6. The van der Waals surface area contributed by atoms with E-state index in [2.05, 4.69) is 0 Å². The van der Waals surface area contributed by atoms with Gasteiger partial charge in [-0.1, -0.05) is 48.5 Å². The normalized spacial score (nSPS) is 10.9. The van der Waals surface area contributed by atoms with Crippen molar-refractivity contribution in [1.82, 2.24) is 4.57 Å². The van der Waals surface area contributed by atoms with Crippen LogP contribution in [0, 0.1) is 0 Å². The lowest BCUT2D eigenvalue weighted by Gasteiger charge is -2.09. The van der Waals surface area contributed by atoms with Crippen molar-refractivity contribution in [2.24, 2.45) is 0 Å². The van der Waals surface area contributed by atoms with Gasteiger partial charge in [-0.2, -0.15) is 0 Å². The molecule has 3 aromatic carbocycles. The Bertz CT molecular complexity index is 1100. The summed E-state index contributed by atoms with van der Waals surface area (Å²) in [6.07, 6.45) is 1.84. The van der Waals surface area contributed by atoms with Crippen molar-refractivity contribution in [3.63, 3.8) is 0 Å². The molecule has 0 fully saturated rings. The van der Waals surface area contributed by atoms with Crippen LogP contribution in [0.1, 0.15) is 5.56 Å². The molecule has 0 aliphatic heterocycles. The molecular weight excluding hydrogens is 310 g/mol. The monoisotopic (exact) mass is 327 g/mol. The molecule has 0 aliphatic rings. The number of fused-ring (bicyclic) bond motifs is 1. The van der Waals surface area contributed by atoms with Gasteiger partial charge >= 0.3 is 0 Å². The zero-order chi connectivity index (χ0) is 17.2. The van der Waals surface area contributed by atoms with E-state index < -0.39 is 0 Å². The van der Waals surface area contributed by atoms with Crippen LogP contribution in [0.4, 0.5) is 0 Å². The van der Waals surface area contributed by atoms with E-state index in [1.54, 1.807) is 16.7 Å². The molecule has 0 amide bonds. The van der Waals surface area contributed by atoms with Crippen molar-refractivity contribution < 1.29 is 5.11 Å². The maximum atomic E-state index is 12.8. The summed E-state index contributed by atoms with van der Waals surface area (Å²) in [5, 5.41) is 11.2. The number of benzene rings is 3. The minimum Gasteiger partial charge on any atom is -0.508 e. The number of phenolic OH excluding ortho intramolecular Hbond substituents is 1. The van der Waals surface area contributed by atoms with Crippen LogP contribution in [0.3, 0.4) is 0 Å². The van der Waals surface area contributed by atoms with Crippen LogP contribution in [-0.2, 0) is 6.54 Å². The molecule has 1 aromatic heterocycles. The quantitative estimate of drug-likeness (QED) is 0.605. The van der Waals surface area contributed by atoms with Gasteiger partial charge in [-0.15, -0.1) is 0 Å². The first-order valence-corrected chi connectivity index (χ1v) is 8.17. The number of hydrogen-bond acceptors (Lipinski definition) is 2. The highest BCUT2D eigenvalue weighted by atomic mass is 16.3. The topological polar surface area (TPSA) is 42.2 Å². The van der Waals surface area contributed by atoms with E-state index in [-0.39, 0.29) is 11.3 Å². The highest BCUT2D eigenvalue weighted by Gasteiger charge is 2.06. The molecule has 3 nitrogen and oxygen atoms in total. The SMILES string of the molecule is O=c1c2ccc(-c3cccc(O)c3)cc2ccn1Cc1ccccc1. The molecule has 122 valence electrons. The largest absolute Gasteiger partial charge is 0.508 e. The van der Waals surface area contributed by atoms with E-state index in [9.17, 15) is 9.90 Å². The molecule has 0 saturated carbocycles. The Kier molecular flexibility index (Phi) is 3.82. The summed E-state index contributed by atoms with van der Waals surface area (Å²) in [6.45, 7) is 0.559. The van der Waals surface area contributed by atoms with Crippen LogP contribution in [0.5, 0.6) is 5.75 Å². The summed E-state index contributed by atoms with van der Waals surface area (Å²) < 4.78 is 1.73. The minimum absolute atomic E-state index is 0.00353. The lowest BCUT2D eigenvalue weighted by atomic mass is 10.0. The summed E-state index contributed by atoms with van der Waals surface area (Å²) in [7, 11) is 0. The maximum Gasteiger partial charge on any atom is 0.258 e. The summed E-state index contributed by atoms with van der Waals surface area (Å²) in [6, 6.07) is 24.8. The maximum absolute atomic E-state index is 12.8. The lowest BCUT2D eigenvalue weighted by Crippen LogP contribution is -2.19. The van der Waals surface area contributed by atoms with Crippen LogP contribution in [0.25, 0.3) is 21.9 Å². The fourth-order valence-electron chi connectivity index (χ4n) is 3.06. The minimum atomic E-state index is 0.00353. The fourth-order valence-corrected chi connectivity index (χ4v) is 3.06. The fraction of sp³-hybridized carbons (Fsp3) is 0.0455. The molecule has 25 heavy (non-hydrogen) atoms. The van der Waals surface area contributed by atoms with Gasteiger partial charge in [-0.05, 0) is 52.4 Å². The number of nitrogens with zero attached hydrogens (tertiary/aromatic N) is 1. The first-order valence-electron chi connectivity index (χ1n) is 8.17. The molecule has 0 saturated heterocycles. The number of rotatable bonds is 3. The molecule has 0 bridgehead atoms. The van der Waals surface area contributed by atoms with E-state index in [0.29, 0.717) is 11.9 Å². The van der Waals surface area contributed by atoms with Crippen molar-refractivity contribution >= 4 is 10.8 Å². The molecule has 4 rings (SSSR count). The van der Waals surface area contributed by atoms with Gasteiger partial charge in [0.2, 0.25) is 0 Å². The Morgan fingerprint density at radius 2 is 1.60 bits per heavy atom. The number of hydrogen-bond donors (Lipinski definition) is 1. The summed E-state index contributed by atoms with van der Waals surface area (Å²) in [5.41, 5.74) is 3.00. The standard InChI is InChI=1S/C22H17NO2/c24-20-8-4-7-17(14-20)18-9-10-21-19(13-18)11-12-23(22(21)25)15-16-5-2-1-3-6-16/h1-14,24H,15H2. The van der Waals surface area contributed by atoms with Gasteiger partial charge in [-0.25, -0.2) is 0 Å². The van der Waals surface area contributed by atoms with Gasteiger partial charge in [-0.3, -0.25) is 4.79 Å². The second kappa shape index (κ2) is 6.29. The van der Waals surface area contributed by atoms with E-state index in [1.807, 2.05) is 72.9 Å². The van der Waals surface area contributed by atoms with Gasteiger partial charge in [0, 0.05) is 11.6 Å². The Hall–Kier alpha value is -3.33. The van der Waals surface area contributed by atoms with Crippen molar-refractivity contribution in [3.8, 4) is 16.9 Å². The zero-order valence-electron chi connectivity index (χ0n) is 13.6. The van der Waals surface area contributed by atoms with Gasteiger partial charge < -0.3 is 9.67 Å². The van der Waals surface area contributed by atoms with E-state index >= 15 is 0 Å². The van der Waals surface area contributed by atoms with Crippen molar-refractivity contribution in [1.29, 1.82) is 0 Å². The highest BCUT2D eigenvalue weighted by molar-refractivity contribution is 5.86. The van der Waals surface area contributed by atoms with Crippen LogP contribution >= 0.6 is 0 Å². The van der Waals surface area contributed by atoms with E-state index in [0.717, 1.165) is 22.1 Å². The Labute approximate surface area is 145 Å². The average Bonchev–Trinajstić information content (AvgIpc) is 2.65. The van der Waals surface area contributed by atoms with Crippen LogP contribution in [-0.4, -0.2) is 9.67 Å². The van der Waals surface area contributed by atoms with Crippen molar-refractivity contribution in [2.45, 2.75) is 6.54 Å². The molecule has 3 heteroatoms. The smallest absolute Gasteiger partial charge is 0.258 e. The van der Waals surface area contributed by atoms with Crippen LogP contribution in [0.2, 0.25) is 0 Å². The van der Waals surface area contributed by atoms with Crippen molar-refractivity contribution in [2.75, 3.05) is 0 Å². The molecular formula is C22H17NO2. The third-order valence-electron chi connectivity index (χ3n) is 4.35. The molecule has 0 spiro atoms. The first-order chi connectivity index (χ1) is 12.2. The molecule has 0 aliphatic carbocycles. The first kappa shape index (κ1) is 15.2. The third-order valence-corrected chi connectivity index (χ3v) is 4.35. The Morgan fingerprint density at radius 1 is 0.800 bits per heavy atom.